The average molecular weight is 341 g/mol. The molecule has 1 aromatic heterocycles. The van der Waals surface area contributed by atoms with Crippen LogP contribution >= 0.6 is 0 Å². The number of nitrogens with zero attached hydrogens (tertiary/aromatic N) is 3. The minimum absolute atomic E-state index is 0.129. The Kier molecular flexibility index (Phi) is 4.85. The fourth-order valence-corrected chi connectivity index (χ4v) is 3.30. The van der Waals surface area contributed by atoms with Gasteiger partial charge < -0.3 is 11.1 Å². The summed E-state index contributed by atoms with van der Waals surface area (Å²) < 4.78 is 1.71. The lowest BCUT2D eigenvalue weighted by Gasteiger charge is -2.27. The van der Waals surface area contributed by atoms with Crippen LogP contribution in [0.15, 0.2) is 36.5 Å². The maximum atomic E-state index is 12.8. The van der Waals surface area contributed by atoms with Crippen molar-refractivity contribution < 1.29 is 9.59 Å². The van der Waals surface area contributed by atoms with Crippen molar-refractivity contribution in [1.29, 1.82) is 0 Å². The van der Waals surface area contributed by atoms with Crippen LogP contribution in [0.25, 0.3) is 0 Å². The highest BCUT2D eigenvalue weighted by molar-refractivity contribution is 5.96. The monoisotopic (exact) mass is 341 g/mol. The van der Waals surface area contributed by atoms with Crippen LogP contribution in [0.3, 0.4) is 0 Å². The number of anilines is 1. The Morgan fingerprint density at radius 3 is 2.52 bits per heavy atom. The highest BCUT2D eigenvalue weighted by Gasteiger charge is 2.40. The van der Waals surface area contributed by atoms with Crippen molar-refractivity contribution in [2.45, 2.75) is 38.4 Å². The molecule has 0 unspecified atom stereocenters. The number of aryl methyl sites for hydroxylation is 1. The van der Waals surface area contributed by atoms with Crippen molar-refractivity contribution in [1.82, 2.24) is 14.7 Å². The number of hydrogen-bond acceptors (Lipinski definition) is 4. The van der Waals surface area contributed by atoms with E-state index in [1.54, 1.807) is 10.9 Å². The topological polar surface area (TPSA) is 93.2 Å². The van der Waals surface area contributed by atoms with Crippen molar-refractivity contribution in [2.75, 3.05) is 5.32 Å². The molecule has 1 aromatic carbocycles. The number of nitrogens with one attached hydrogen (secondary N) is 1. The number of hydrogen-bond donors (Lipinski definition) is 2. The molecule has 3 N–H and O–H groups in total. The summed E-state index contributed by atoms with van der Waals surface area (Å²) in [5.74, 6) is -0.514. The number of amides is 2. The van der Waals surface area contributed by atoms with Crippen LogP contribution in [0.5, 0.6) is 0 Å². The van der Waals surface area contributed by atoms with Crippen LogP contribution in [-0.4, -0.2) is 38.6 Å². The Balaban J connectivity index is 1.79. The lowest BCUT2D eigenvalue weighted by atomic mass is 10.1. The maximum absolute atomic E-state index is 12.8. The van der Waals surface area contributed by atoms with E-state index < -0.39 is 12.1 Å². The molecule has 0 radical (unpaired) electrons. The third kappa shape index (κ3) is 3.56. The molecule has 1 fully saturated rings. The number of likely N-dealkylation sites (tertiary alicyclic amines) is 1. The number of aromatic nitrogens is 2. The number of primary amides is 1. The van der Waals surface area contributed by atoms with Gasteiger partial charge in [-0.2, -0.15) is 5.10 Å². The van der Waals surface area contributed by atoms with Gasteiger partial charge in [0.05, 0.1) is 29.7 Å². The number of nitrogens with two attached hydrogens (primary N) is 1. The minimum Gasteiger partial charge on any atom is -0.368 e. The van der Waals surface area contributed by atoms with Crippen molar-refractivity contribution in [2.24, 2.45) is 12.8 Å². The first-order valence-corrected chi connectivity index (χ1v) is 8.36. The summed E-state index contributed by atoms with van der Waals surface area (Å²) in [5.41, 5.74) is 8.18. The molecule has 1 aliphatic rings. The smallest absolute Gasteiger partial charge is 0.241 e. The van der Waals surface area contributed by atoms with E-state index in [0.717, 1.165) is 11.3 Å². The molecule has 3 rings (SSSR count). The summed E-state index contributed by atoms with van der Waals surface area (Å²) in [5, 5.41) is 7.07. The van der Waals surface area contributed by atoms with Gasteiger partial charge in [-0.05, 0) is 25.3 Å². The van der Waals surface area contributed by atoms with Gasteiger partial charge in [-0.1, -0.05) is 30.3 Å². The van der Waals surface area contributed by atoms with Gasteiger partial charge in [0.1, 0.15) is 0 Å². The zero-order chi connectivity index (χ0) is 18.0. The molecule has 7 nitrogen and oxygen atoms in total. The number of carbonyl (C=O) groups excluding carboxylic acids is 2. The predicted molar refractivity (Wildman–Crippen MR) is 94.6 cm³/mol. The van der Waals surface area contributed by atoms with Gasteiger partial charge in [-0.15, -0.1) is 0 Å². The Morgan fingerprint density at radius 2 is 1.92 bits per heavy atom. The zero-order valence-corrected chi connectivity index (χ0v) is 14.5. The first-order chi connectivity index (χ1) is 12.0. The summed E-state index contributed by atoms with van der Waals surface area (Å²) in [4.78, 5) is 26.5. The Hall–Kier alpha value is -2.67. The van der Waals surface area contributed by atoms with E-state index in [2.05, 4.69) is 10.4 Å². The lowest BCUT2D eigenvalue weighted by molar-refractivity contribution is -0.125. The second kappa shape index (κ2) is 7.06. The summed E-state index contributed by atoms with van der Waals surface area (Å²) in [6.07, 6.45) is 2.83. The number of carbonyl (C=O) groups is 2. The molecule has 0 saturated carbocycles. The molecule has 2 atom stereocenters. The molecule has 132 valence electrons. The Bertz CT molecular complexity index is 771. The molecule has 2 aromatic rings. The fourth-order valence-electron chi connectivity index (χ4n) is 3.30. The summed E-state index contributed by atoms with van der Waals surface area (Å²) in [6, 6.07) is 8.97. The van der Waals surface area contributed by atoms with E-state index >= 15 is 0 Å². The molecule has 1 saturated heterocycles. The molecular weight excluding hydrogens is 318 g/mol. The first kappa shape index (κ1) is 17.2. The van der Waals surface area contributed by atoms with E-state index in [9.17, 15) is 9.59 Å². The van der Waals surface area contributed by atoms with Crippen molar-refractivity contribution in [3.05, 3.63) is 47.8 Å². The van der Waals surface area contributed by atoms with Crippen molar-refractivity contribution >= 4 is 17.5 Å². The van der Waals surface area contributed by atoms with Crippen molar-refractivity contribution in [3.63, 3.8) is 0 Å². The quantitative estimate of drug-likeness (QED) is 0.854. The van der Waals surface area contributed by atoms with E-state index in [1.165, 1.54) is 0 Å². The molecule has 1 aliphatic heterocycles. The molecule has 0 bridgehead atoms. The van der Waals surface area contributed by atoms with Crippen LogP contribution in [0.2, 0.25) is 0 Å². The van der Waals surface area contributed by atoms with Gasteiger partial charge in [0.25, 0.3) is 0 Å². The van der Waals surface area contributed by atoms with Gasteiger partial charge in [0.15, 0.2) is 0 Å². The van der Waals surface area contributed by atoms with Crippen LogP contribution < -0.4 is 11.1 Å². The lowest BCUT2D eigenvalue weighted by Crippen LogP contribution is -2.47. The molecule has 0 spiro atoms. The van der Waals surface area contributed by atoms with E-state index in [1.807, 2.05) is 49.2 Å². The van der Waals surface area contributed by atoms with Crippen LogP contribution in [0, 0.1) is 6.92 Å². The summed E-state index contributed by atoms with van der Waals surface area (Å²) in [7, 11) is 1.82. The maximum Gasteiger partial charge on any atom is 0.241 e. The second-order valence-corrected chi connectivity index (χ2v) is 6.43. The number of benzene rings is 1. The average Bonchev–Trinajstić information content (AvgIpc) is 3.14. The third-order valence-corrected chi connectivity index (χ3v) is 4.85. The minimum atomic E-state index is -0.425. The Morgan fingerprint density at radius 1 is 1.24 bits per heavy atom. The van der Waals surface area contributed by atoms with E-state index in [4.69, 9.17) is 5.73 Å². The summed E-state index contributed by atoms with van der Waals surface area (Å²) in [6.45, 7) is 2.41. The van der Waals surface area contributed by atoms with Crippen LogP contribution in [0.1, 0.15) is 24.1 Å². The van der Waals surface area contributed by atoms with E-state index in [-0.39, 0.29) is 11.8 Å². The normalized spacial score (nSPS) is 20.6. The van der Waals surface area contributed by atoms with Gasteiger partial charge in [-0.25, -0.2) is 0 Å². The van der Waals surface area contributed by atoms with Crippen molar-refractivity contribution in [3.8, 4) is 0 Å². The van der Waals surface area contributed by atoms with Crippen LogP contribution in [0.4, 0.5) is 5.69 Å². The van der Waals surface area contributed by atoms with Gasteiger partial charge in [0, 0.05) is 13.6 Å². The summed E-state index contributed by atoms with van der Waals surface area (Å²) >= 11 is 0. The second-order valence-electron chi connectivity index (χ2n) is 6.43. The Labute approximate surface area is 146 Å². The van der Waals surface area contributed by atoms with Gasteiger partial charge >= 0.3 is 0 Å². The fraction of sp³-hybridized carbons (Fsp3) is 0.389. The highest BCUT2D eigenvalue weighted by atomic mass is 16.2. The molecule has 7 heteroatoms. The molecule has 25 heavy (non-hydrogen) atoms. The largest absolute Gasteiger partial charge is 0.368 e. The molecule has 2 amide bonds. The van der Waals surface area contributed by atoms with Crippen LogP contribution in [-0.2, 0) is 23.2 Å². The first-order valence-electron chi connectivity index (χ1n) is 8.36. The third-order valence-electron chi connectivity index (χ3n) is 4.85. The predicted octanol–water partition coefficient (Wildman–Crippen LogP) is 1.19. The van der Waals surface area contributed by atoms with Gasteiger partial charge in [0.2, 0.25) is 11.8 Å². The zero-order valence-electron chi connectivity index (χ0n) is 14.5. The van der Waals surface area contributed by atoms with Gasteiger partial charge in [-0.3, -0.25) is 19.2 Å². The molecule has 2 heterocycles. The highest BCUT2D eigenvalue weighted by Crippen LogP contribution is 2.27. The standard InChI is InChI=1S/C18H23N5O2/c1-12-14(10-20-22(12)2)21-18(25)16-9-8-15(17(19)24)23(16)11-13-6-4-3-5-7-13/h3-7,10,15-16H,8-9,11H2,1-2H3,(H2,19,24)(H,21,25)/t15-,16+/m0/s1. The molecule has 0 aliphatic carbocycles. The molecular formula is C18H23N5O2. The van der Waals surface area contributed by atoms with E-state index in [0.29, 0.717) is 25.1 Å². The SMILES string of the molecule is Cc1c(NC(=O)[C@H]2CC[C@@H](C(N)=O)N2Cc2ccccc2)cnn1C. The number of rotatable bonds is 5.